The molecule has 1 N–H and O–H groups in total. The molecule has 0 radical (unpaired) electrons. The maximum absolute atomic E-state index is 12.6. The van der Waals surface area contributed by atoms with Crippen molar-refractivity contribution in [1.82, 2.24) is 20.1 Å². The van der Waals surface area contributed by atoms with Crippen molar-refractivity contribution in [3.8, 4) is 0 Å². The van der Waals surface area contributed by atoms with Gasteiger partial charge in [0.25, 0.3) is 5.91 Å². The zero-order chi connectivity index (χ0) is 15.0. The smallest absolute Gasteiger partial charge is 0.317 e. The molecular formula is C14H17ClN4O2. The van der Waals surface area contributed by atoms with E-state index >= 15 is 0 Å². The number of hydrogen-bond donors (Lipinski definition) is 1. The van der Waals surface area contributed by atoms with Crippen LogP contribution in [-0.2, 0) is 6.42 Å². The summed E-state index contributed by atoms with van der Waals surface area (Å²) in [7, 11) is 0. The Bertz CT molecular complexity index is 592. The number of rotatable bonds is 2. The number of piperazine rings is 1. The molecule has 1 atom stereocenters. The largest absolute Gasteiger partial charge is 0.336 e. The van der Waals surface area contributed by atoms with E-state index in [0.717, 1.165) is 12.1 Å². The van der Waals surface area contributed by atoms with E-state index in [1.54, 1.807) is 21.9 Å². The number of urea groups is 1. The molecule has 0 bridgehead atoms. The van der Waals surface area contributed by atoms with Crippen LogP contribution in [0, 0.1) is 0 Å². The second kappa shape index (κ2) is 5.52. The van der Waals surface area contributed by atoms with Crippen LogP contribution >= 0.6 is 11.6 Å². The molecule has 2 saturated heterocycles. The lowest BCUT2D eigenvalue weighted by Gasteiger charge is -2.36. The number of carbonyl (C=O) groups excluding carboxylic acids is 2. The Morgan fingerprint density at radius 2 is 2.29 bits per heavy atom. The van der Waals surface area contributed by atoms with E-state index in [0.29, 0.717) is 36.9 Å². The molecule has 0 spiro atoms. The van der Waals surface area contributed by atoms with Gasteiger partial charge in [0.05, 0.1) is 6.04 Å². The van der Waals surface area contributed by atoms with E-state index in [9.17, 15) is 9.59 Å². The van der Waals surface area contributed by atoms with Gasteiger partial charge < -0.3 is 15.1 Å². The molecule has 7 heteroatoms. The summed E-state index contributed by atoms with van der Waals surface area (Å²) in [5.74, 6) is -0.0481. The maximum atomic E-state index is 12.6. The van der Waals surface area contributed by atoms with Crippen LogP contribution in [0.5, 0.6) is 0 Å². The Labute approximate surface area is 128 Å². The van der Waals surface area contributed by atoms with Crippen LogP contribution < -0.4 is 5.32 Å². The third-order valence-corrected chi connectivity index (χ3v) is 4.17. The van der Waals surface area contributed by atoms with Gasteiger partial charge in [0.15, 0.2) is 0 Å². The van der Waals surface area contributed by atoms with E-state index in [1.807, 2.05) is 6.92 Å². The van der Waals surface area contributed by atoms with Crippen molar-refractivity contribution in [2.24, 2.45) is 0 Å². The molecule has 2 aliphatic heterocycles. The SMILES string of the molecule is CCc1cc(C(=O)N2CCN3C(=O)NCC3C2)cc(Cl)n1. The van der Waals surface area contributed by atoms with E-state index in [4.69, 9.17) is 11.6 Å². The predicted molar refractivity (Wildman–Crippen MR) is 78.4 cm³/mol. The first-order valence-electron chi connectivity index (χ1n) is 7.08. The number of aromatic nitrogens is 1. The molecule has 0 aliphatic carbocycles. The molecule has 3 amide bonds. The summed E-state index contributed by atoms with van der Waals surface area (Å²) in [4.78, 5) is 31.9. The van der Waals surface area contributed by atoms with Crippen molar-refractivity contribution in [3.05, 3.63) is 28.5 Å². The molecule has 0 saturated carbocycles. The van der Waals surface area contributed by atoms with Gasteiger partial charge in [-0.1, -0.05) is 18.5 Å². The molecule has 2 aliphatic rings. The van der Waals surface area contributed by atoms with Gasteiger partial charge in [-0.05, 0) is 18.6 Å². The molecule has 112 valence electrons. The molecular weight excluding hydrogens is 292 g/mol. The Kier molecular flexibility index (Phi) is 3.71. The molecule has 21 heavy (non-hydrogen) atoms. The van der Waals surface area contributed by atoms with Crippen LogP contribution in [0.15, 0.2) is 12.1 Å². The monoisotopic (exact) mass is 308 g/mol. The molecule has 6 nitrogen and oxygen atoms in total. The first-order valence-corrected chi connectivity index (χ1v) is 7.46. The number of halogens is 1. The Balaban J connectivity index is 1.77. The number of carbonyl (C=O) groups is 2. The molecule has 3 rings (SSSR count). The fraction of sp³-hybridized carbons (Fsp3) is 0.500. The lowest BCUT2D eigenvalue weighted by atomic mass is 10.1. The summed E-state index contributed by atoms with van der Waals surface area (Å²) >= 11 is 5.98. The highest BCUT2D eigenvalue weighted by molar-refractivity contribution is 6.29. The number of pyridine rings is 1. The van der Waals surface area contributed by atoms with Gasteiger partial charge in [-0.3, -0.25) is 4.79 Å². The number of nitrogens with zero attached hydrogens (tertiary/aromatic N) is 3. The number of fused-ring (bicyclic) bond motifs is 1. The van der Waals surface area contributed by atoms with Crippen molar-refractivity contribution in [3.63, 3.8) is 0 Å². The Morgan fingerprint density at radius 1 is 1.48 bits per heavy atom. The van der Waals surface area contributed by atoms with Crippen LogP contribution in [0.3, 0.4) is 0 Å². The van der Waals surface area contributed by atoms with Crippen molar-refractivity contribution < 1.29 is 9.59 Å². The van der Waals surface area contributed by atoms with Crippen molar-refractivity contribution in [2.45, 2.75) is 19.4 Å². The first kappa shape index (κ1) is 14.1. The molecule has 1 aromatic rings. The number of amides is 3. The van der Waals surface area contributed by atoms with E-state index in [2.05, 4.69) is 10.3 Å². The van der Waals surface area contributed by atoms with Gasteiger partial charge in [-0.15, -0.1) is 0 Å². The van der Waals surface area contributed by atoms with Crippen LogP contribution in [0.25, 0.3) is 0 Å². The summed E-state index contributed by atoms with van der Waals surface area (Å²) in [5.41, 5.74) is 1.37. The number of hydrogen-bond acceptors (Lipinski definition) is 3. The highest BCUT2D eigenvalue weighted by Gasteiger charge is 2.37. The topological polar surface area (TPSA) is 65.5 Å². The second-order valence-corrected chi connectivity index (χ2v) is 5.70. The average molecular weight is 309 g/mol. The molecule has 1 aromatic heterocycles. The molecule has 2 fully saturated rings. The summed E-state index contributed by atoms with van der Waals surface area (Å²) < 4.78 is 0. The van der Waals surface area contributed by atoms with Gasteiger partial charge >= 0.3 is 6.03 Å². The fourth-order valence-electron chi connectivity index (χ4n) is 2.83. The van der Waals surface area contributed by atoms with E-state index in [-0.39, 0.29) is 18.0 Å². The van der Waals surface area contributed by atoms with Crippen molar-refractivity contribution in [2.75, 3.05) is 26.2 Å². The quantitative estimate of drug-likeness (QED) is 0.834. The van der Waals surface area contributed by atoms with Crippen LogP contribution in [-0.4, -0.2) is 58.9 Å². The lowest BCUT2D eigenvalue weighted by Crippen LogP contribution is -2.53. The zero-order valence-electron chi connectivity index (χ0n) is 11.8. The third kappa shape index (κ3) is 2.68. The lowest BCUT2D eigenvalue weighted by molar-refractivity contribution is 0.0616. The Hall–Kier alpha value is -1.82. The van der Waals surface area contributed by atoms with Crippen LogP contribution in [0.4, 0.5) is 4.79 Å². The summed E-state index contributed by atoms with van der Waals surface area (Å²) in [5, 5.41) is 3.15. The molecule has 0 aromatic carbocycles. The van der Waals surface area contributed by atoms with Gasteiger partial charge in [0.2, 0.25) is 0 Å². The minimum atomic E-state index is -0.0481. The van der Waals surface area contributed by atoms with Gasteiger partial charge in [-0.25, -0.2) is 9.78 Å². The van der Waals surface area contributed by atoms with E-state index in [1.165, 1.54) is 0 Å². The first-order chi connectivity index (χ1) is 10.1. The third-order valence-electron chi connectivity index (χ3n) is 3.98. The average Bonchev–Trinajstić information content (AvgIpc) is 2.86. The summed E-state index contributed by atoms with van der Waals surface area (Å²) in [6.45, 7) is 4.24. The highest BCUT2D eigenvalue weighted by Crippen LogP contribution is 2.18. The summed E-state index contributed by atoms with van der Waals surface area (Å²) in [6, 6.07) is 3.43. The molecule has 3 heterocycles. The van der Waals surface area contributed by atoms with Gasteiger partial charge in [0, 0.05) is 37.4 Å². The maximum Gasteiger partial charge on any atom is 0.317 e. The predicted octanol–water partition coefficient (Wildman–Crippen LogP) is 1.15. The minimum absolute atomic E-state index is 0.0349. The Morgan fingerprint density at radius 3 is 3.05 bits per heavy atom. The van der Waals surface area contributed by atoms with E-state index < -0.39 is 0 Å². The normalized spacial score (nSPS) is 21.2. The van der Waals surface area contributed by atoms with Crippen LogP contribution in [0.1, 0.15) is 23.0 Å². The van der Waals surface area contributed by atoms with Crippen LogP contribution in [0.2, 0.25) is 5.15 Å². The minimum Gasteiger partial charge on any atom is -0.336 e. The van der Waals surface area contributed by atoms with Gasteiger partial charge in [-0.2, -0.15) is 0 Å². The second-order valence-electron chi connectivity index (χ2n) is 5.31. The van der Waals surface area contributed by atoms with Crippen molar-refractivity contribution >= 4 is 23.5 Å². The number of nitrogens with one attached hydrogen (secondary N) is 1. The fourth-order valence-corrected chi connectivity index (χ4v) is 3.05. The molecule has 1 unspecified atom stereocenters. The van der Waals surface area contributed by atoms with Gasteiger partial charge in [0.1, 0.15) is 5.15 Å². The highest BCUT2D eigenvalue weighted by atomic mass is 35.5. The standard InChI is InChI=1S/C14H17ClN4O2/c1-2-10-5-9(6-12(15)17-10)13(20)18-3-4-19-11(8-18)7-16-14(19)21/h5-6,11H,2-4,7-8H2,1H3,(H,16,21). The number of aryl methyl sites for hydroxylation is 1. The zero-order valence-corrected chi connectivity index (χ0v) is 12.6. The van der Waals surface area contributed by atoms with Crippen molar-refractivity contribution in [1.29, 1.82) is 0 Å². The summed E-state index contributed by atoms with van der Waals surface area (Å²) in [6.07, 6.45) is 0.732.